The third-order valence-corrected chi connectivity index (χ3v) is 4.92. The van der Waals surface area contributed by atoms with Crippen LogP contribution >= 0.6 is 0 Å². The topological polar surface area (TPSA) is 98.2 Å². The summed E-state index contributed by atoms with van der Waals surface area (Å²) < 4.78 is 61.6. The van der Waals surface area contributed by atoms with E-state index >= 15 is 0 Å². The minimum absolute atomic E-state index is 0.120. The first-order valence-electron chi connectivity index (χ1n) is 9.93. The quantitative estimate of drug-likeness (QED) is 0.428. The maximum Gasteiger partial charge on any atom is 0.435 e. The van der Waals surface area contributed by atoms with Crippen LogP contribution in [0.15, 0.2) is 51.7 Å². The number of carbonyl (C=O) groups is 1. The van der Waals surface area contributed by atoms with Gasteiger partial charge in [0.2, 0.25) is 0 Å². The number of amides is 1. The average molecular weight is 478 g/mol. The molecule has 0 aliphatic carbocycles. The highest BCUT2D eigenvalue weighted by Gasteiger charge is 2.42. The van der Waals surface area contributed by atoms with Gasteiger partial charge in [0.1, 0.15) is 5.82 Å². The van der Waals surface area contributed by atoms with Gasteiger partial charge in [-0.15, -0.1) is 5.10 Å². The van der Waals surface area contributed by atoms with Gasteiger partial charge in [-0.3, -0.25) is 9.36 Å². The Hall–Kier alpha value is -4.00. The van der Waals surface area contributed by atoms with Crippen LogP contribution in [-0.4, -0.2) is 51.0 Å². The lowest BCUT2D eigenvalue weighted by Gasteiger charge is -2.12. The van der Waals surface area contributed by atoms with E-state index in [9.17, 15) is 27.2 Å². The van der Waals surface area contributed by atoms with Gasteiger partial charge in [-0.05, 0) is 56.6 Å². The zero-order valence-corrected chi connectivity index (χ0v) is 17.9. The Kier molecular flexibility index (Phi) is 5.96. The lowest BCUT2D eigenvalue weighted by Crippen LogP contribution is -2.23. The molecule has 1 N–H and O–H groups in total. The fourth-order valence-electron chi connectivity index (χ4n) is 3.29. The number of hydrogen-bond acceptors (Lipinski definition) is 6. The lowest BCUT2D eigenvalue weighted by molar-refractivity contribution is -0.143. The maximum absolute atomic E-state index is 13.8. The van der Waals surface area contributed by atoms with Crippen molar-refractivity contribution in [1.82, 2.24) is 24.5 Å². The molecule has 13 heteroatoms. The van der Waals surface area contributed by atoms with Crippen molar-refractivity contribution in [3.8, 4) is 5.69 Å². The number of carbonyl (C=O) groups excluding carboxylic acids is 1. The summed E-state index contributed by atoms with van der Waals surface area (Å²) in [5, 5.41) is 9.23. The largest absolute Gasteiger partial charge is 0.435 e. The van der Waals surface area contributed by atoms with Crippen LogP contribution in [-0.2, 0) is 12.7 Å². The predicted molar refractivity (Wildman–Crippen MR) is 113 cm³/mol. The summed E-state index contributed by atoms with van der Waals surface area (Å²) in [5.74, 6) is -2.40. The van der Waals surface area contributed by atoms with Crippen LogP contribution in [0.2, 0.25) is 0 Å². The highest BCUT2D eigenvalue weighted by molar-refractivity contribution is 6.04. The van der Waals surface area contributed by atoms with E-state index in [0.717, 1.165) is 24.3 Å². The molecule has 2 aromatic carbocycles. The number of aromatic nitrogens is 4. The van der Waals surface area contributed by atoms with E-state index in [2.05, 4.69) is 15.6 Å². The van der Waals surface area contributed by atoms with Crippen LogP contribution in [0.5, 0.6) is 0 Å². The van der Waals surface area contributed by atoms with Gasteiger partial charge >= 0.3 is 11.9 Å². The van der Waals surface area contributed by atoms with Crippen molar-refractivity contribution in [3.05, 3.63) is 70.2 Å². The van der Waals surface area contributed by atoms with Gasteiger partial charge < -0.3 is 14.6 Å². The highest BCUT2D eigenvalue weighted by atomic mass is 19.4. The van der Waals surface area contributed by atoms with E-state index in [1.54, 1.807) is 0 Å². The molecule has 178 valence electrons. The van der Waals surface area contributed by atoms with Crippen molar-refractivity contribution >= 4 is 22.7 Å². The van der Waals surface area contributed by atoms with Crippen LogP contribution in [0.25, 0.3) is 16.8 Å². The second kappa shape index (κ2) is 8.74. The maximum atomic E-state index is 13.8. The number of hydrogen-bond donors (Lipinski definition) is 1. The smallest absolute Gasteiger partial charge is 0.408 e. The van der Waals surface area contributed by atoms with Crippen LogP contribution in [0, 0.1) is 5.82 Å². The van der Waals surface area contributed by atoms with Crippen LogP contribution in [0.1, 0.15) is 16.2 Å². The van der Waals surface area contributed by atoms with Crippen LogP contribution in [0.4, 0.5) is 23.2 Å². The predicted octanol–water partition coefficient (Wildman–Crippen LogP) is 3.15. The minimum atomic E-state index is -4.98. The second-order valence-corrected chi connectivity index (χ2v) is 7.63. The monoisotopic (exact) mass is 478 g/mol. The Morgan fingerprint density at radius 3 is 2.50 bits per heavy atom. The highest BCUT2D eigenvalue weighted by Crippen LogP contribution is 2.33. The molecule has 0 radical (unpaired) electrons. The van der Waals surface area contributed by atoms with Gasteiger partial charge in [0.15, 0.2) is 17.0 Å². The number of halogens is 4. The first kappa shape index (κ1) is 23.2. The third kappa shape index (κ3) is 4.55. The van der Waals surface area contributed by atoms with E-state index in [1.807, 2.05) is 19.0 Å². The molecule has 1 amide bonds. The van der Waals surface area contributed by atoms with Crippen molar-refractivity contribution in [2.75, 3.05) is 26.0 Å². The molecule has 0 aliphatic heterocycles. The molecule has 0 spiro atoms. The molecule has 4 aromatic rings. The molecule has 2 heterocycles. The first-order chi connectivity index (χ1) is 16.0. The van der Waals surface area contributed by atoms with Gasteiger partial charge in [0.05, 0.1) is 11.2 Å². The second-order valence-electron chi connectivity index (χ2n) is 7.63. The summed E-state index contributed by atoms with van der Waals surface area (Å²) in [7, 11) is 3.66. The SMILES string of the molecule is CN(C)CCn1c(=O)oc2ccc(NC(=O)c3nnn(-c4ccc(F)cc4)c3C(F)(F)F)cc21. The van der Waals surface area contributed by atoms with Gasteiger partial charge in [-0.25, -0.2) is 13.9 Å². The molecule has 0 fully saturated rings. The number of oxazole rings is 1. The number of nitrogens with zero attached hydrogens (tertiary/aromatic N) is 5. The summed E-state index contributed by atoms with van der Waals surface area (Å²) in [6.07, 6.45) is -4.98. The number of anilines is 1. The number of alkyl halides is 3. The van der Waals surface area contributed by atoms with Gasteiger partial charge in [0.25, 0.3) is 5.91 Å². The van der Waals surface area contributed by atoms with Crippen molar-refractivity contribution in [3.63, 3.8) is 0 Å². The summed E-state index contributed by atoms with van der Waals surface area (Å²) >= 11 is 0. The van der Waals surface area contributed by atoms with E-state index in [0.29, 0.717) is 23.3 Å². The average Bonchev–Trinajstić information content (AvgIpc) is 3.34. The number of nitrogens with one attached hydrogen (secondary N) is 1. The lowest BCUT2D eigenvalue weighted by atomic mass is 10.2. The first-order valence-corrected chi connectivity index (χ1v) is 9.93. The molecule has 0 unspecified atom stereocenters. The summed E-state index contributed by atoms with van der Waals surface area (Å²) in [6.45, 7) is 0.840. The number of likely N-dealkylation sites (N-methyl/N-ethyl adjacent to an activating group) is 1. The van der Waals surface area contributed by atoms with Crippen molar-refractivity contribution < 1.29 is 26.8 Å². The zero-order valence-electron chi connectivity index (χ0n) is 17.9. The molecule has 0 bridgehead atoms. The number of fused-ring (bicyclic) bond motifs is 1. The zero-order chi connectivity index (χ0) is 24.6. The van der Waals surface area contributed by atoms with Crippen molar-refractivity contribution in [1.29, 1.82) is 0 Å². The third-order valence-electron chi connectivity index (χ3n) is 4.92. The van der Waals surface area contributed by atoms with Gasteiger partial charge in [0, 0.05) is 18.8 Å². The van der Waals surface area contributed by atoms with E-state index < -0.39 is 35.0 Å². The standard InChI is InChI=1S/C21H18F4N6O3/c1-29(2)9-10-30-15-11-13(5-8-16(15)34-20(30)33)26-19(32)17-18(21(23,24)25)31(28-27-17)14-6-3-12(22)4-7-14/h3-8,11H,9-10H2,1-2H3,(H,26,32). The van der Waals surface area contributed by atoms with E-state index in [4.69, 9.17) is 4.42 Å². The molecule has 0 aliphatic rings. The molecule has 4 rings (SSSR count). The van der Waals surface area contributed by atoms with E-state index in [1.165, 1.54) is 22.8 Å². The van der Waals surface area contributed by atoms with Crippen LogP contribution < -0.4 is 11.1 Å². The fourth-order valence-corrected chi connectivity index (χ4v) is 3.29. The molecule has 9 nitrogen and oxygen atoms in total. The number of rotatable bonds is 6. The summed E-state index contributed by atoms with van der Waals surface area (Å²) in [5.41, 5.74) is -1.74. The Morgan fingerprint density at radius 1 is 1.15 bits per heavy atom. The fraction of sp³-hybridized carbons (Fsp3) is 0.238. The van der Waals surface area contributed by atoms with Gasteiger partial charge in [-0.1, -0.05) is 5.21 Å². The Bertz CT molecular complexity index is 1400. The molecular weight excluding hydrogens is 460 g/mol. The van der Waals surface area contributed by atoms with Crippen LogP contribution in [0.3, 0.4) is 0 Å². The molecule has 2 aromatic heterocycles. The minimum Gasteiger partial charge on any atom is -0.408 e. The Labute approximate surface area is 189 Å². The number of benzene rings is 2. The normalized spacial score (nSPS) is 12.0. The molecule has 0 saturated carbocycles. The Balaban J connectivity index is 1.68. The molecular formula is C21H18F4N6O3. The Morgan fingerprint density at radius 2 is 1.85 bits per heavy atom. The van der Waals surface area contributed by atoms with Crippen molar-refractivity contribution in [2.45, 2.75) is 12.7 Å². The van der Waals surface area contributed by atoms with E-state index in [-0.39, 0.29) is 17.0 Å². The molecule has 34 heavy (non-hydrogen) atoms. The summed E-state index contributed by atoms with van der Waals surface area (Å²) in [4.78, 5) is 26.7. The molecule has 0 saturated heterocycles. The van der Waals surface area contributed by atoms with Crippen molar-refractivity contribution in [2.24, 2.45) is 0 Å². The van der Waals surface area contributed by atoms with Gasteiger partial charge in [-0.2, -0.15) is 13.2 Å². The molecule has 0 atom stereocenters. The summed E-state index contributed by atoms with van der Waals surface area (Å²) in [6, 6.07) is 8.34.